The van der Waals surface area contributed by atoms with Crippen LogP contribution in [0.5, 0.6) is 0 Å². The molecule has 1 aromatic heterocycles. The second kappa shape index (κ2) is 8.22. The molecule has 1 amide bonds. The lowest BCUT2D eigenvalue weighted by atomic mass is 10.2. The Morgan fingerprint density at radius 2 is 2.00 bits per heavy atom. The molecule has 0 saturated heterocycles. The molecule has 0 aliphatic rings. The number of pyridine rings is 1. The van der Waals surface area contributed by atoms with Crippen molar-refractivity contribution in [3.8, 4) is 0 Å². The van der Waals surface area contributed by atoms with E-state index in [0.29, 0.717) is 24.5 Å². The third-order valence-electron chi connectivity index (χ3n) is 3.12. The maximum atomic E-state index is 11.9. The summed E-state index contributed by atoms with van der Waals surface area (Å²) in [6.45, 7) is 0.870. The highest BCUT2D eigenvalue weighted by Crippen LogP contribution is 2.11. The van der Waals surface area contributed by atoms with Crippen molar-refractivity contribution in [3.63, 3.8) is 0 Å². The average molecular weight is 413 g/mol. The van der Waals surface area contributed by atoms with E-state index < -0.39 is 10.0 Å². The van der Waals surface area contributed by atoms with Crippen LogP contribution in [0.25, 0.3) is 0 Å². The molecule has 24 heavy (non-hydrogen) atoms. The fourth-order valence-corrected chi connectivity index (χ4v) is 2.93. The topological polar surface area (TPSA) is 100 Å². The SMILES string of the molecule is CNS(=O)(=O)c1ccc(NCCNC(=O)c2cccc(Br)c2)nc1. The van der Waals surface area contributed by atoms with E-state index in [4.69, 9.17) is 0 Å². The number of nitrogens with one attached hydrogen (secondary N) is 3. The summed E-state index contributed by atoms with van der Waals surface area (Å²) in [5, 5.41) is 5.79. The van der Waals surface area contributed by atoms with Gasteiger partial charge in [-0.05, 0) is 37.4 Å². The first kappa shape index (κ1) is 18.4. The number of aromatic nitrogens is 1. The van der Waals surface area contributed by atoms with Crippen molar-refractivity contribution in [1.82, 2.24) is 15.0 Å². The molecule has 0 unspecified atom stereocenters. The van der Waals surface area contributed by atoms with Crippen molar-refractivity contribution in [2.75, 3.05) is 25.5 Å². The average Bonchev–Trinajstić information content (AvgIpc) is 2.59. The van der Waals surface area contributed by atoms with Crippen LogP contribution in [-0.4, -0.2) is 39.4 Å². The number of carbonyl (C=O) groups excluding carboxylic acids is 1. The first-order valence-corrected chi connectivity index (χ1v) is 9.37. The second-order valence-electron chi connectivity index (χ2n) is 4.78. The summed E-state index contributed by atoms with van der Waals surface area (Å²) < 4.78 is 26.2. The lowest BCUT2D eigenvalue weighted by Crippen LogP contribution is -2.28. The van der Waals surface area contributed by atoms with Crippen molar-refractivity contribution in [2.45, 2.75) is 4.90 Å². The quantitative estimate of drug-likeness (QED) is 0.599. The highest BCUT2D eigenvalue weighted by Gasteiger charge is 2.11. The number of halogens is 1. The van der Waals surface area contributed by atoms with Crippen LogP contribution in [-0.2, 0) is 10.0 Å². The Labute approximate surface area is 149 Å². The number of hydrogen-bond acceptors (Lipinski definition) is 5. The van der Waals surface area contributed by atoms with Gasteiger partial charge < -0.3 is 10.6 Å². The Morgan fingerprint density at radius 1 is 1.21 bits per heavy atom. The zero-order valence-electron chi connectivity index (χ0n) is 12.9. The fraction of sp³-hybridized carbons (Fsp3) is 0.200. The minimum Gasteiger partial charge on any atom is -0.368 e. The molecule has 0 saturated carbocycles. The number of hydrogen-bond donors (Lipinski definition) is 3. The minimum absolute atomic E-state index is 0.0958. The van der Waals surface area contributed by atoms with E-state index in [1.807, 2.05) is 6.07 Å². The lowest BCUT2D eigenvalue weighted by molar-refractivity contribution is 0.0955. The highest BCUT2D eigenvalue weighted by atomic mass is 79.9. The van der Waals surface area contributed by atoms with Crippen LogP contribution in [0.3, 0.4) is 0 Å². The summed E-state index contributed by atoms with van der Waals surface area (Å²) in [7, 11) is -2.14. The van der Waals surface area contributed by atoms with Crippen LogP contribution in [0.2, 0.25) is 0 Å². The van der Waals surface area contributed by atoms with Gasteiger partial charge >= 0.3 is 0 Å². The van der Waals surface area contributed by atoms with Crippen LogP contribution in [0.4, 0.5) is 5.82 Å². The number of amides is 1. The standard InChI is InChI=1S/C15H17BrN4O3S/c1-17-24(22,23)13-5-6-14(20-10-13)18-7-8-19-15(21)11-3-2-4-12(16)9-11/h2-6,9-10,17H,7-8H2,1H3,(H,18,20)(H,19,21). The predicted molar refractivity (Wildman–Crippen MR) is 95.4 cm³/mol. The maximum Gasteiger partial charge on any atom is 0.251 e. The van der Waals surface area contributed by atoms with E-state index in [2.05, 4.69) is 36.3 Å². The Kier molecular flexibility index (Phi) is 6.29. The van der Waals surface area contributed by atoms with Gasteiger partial charge in [0.2, 0.25) is 10.0 Å². The van der Waals surface area contributed by atoms with E-state index in [9.17, 15) is 13.2 Å². The van der Waals surface area contributed by atoms with Gasteiger partial charge in [0.05, 0.1) is 0 Å². The summed E-state index contributed by atoms with van der Waals surface area (Å²) in [6.07, 6.45) is 1.27. The Hall–Kier alpha value is -1.97. The summed E-state index contributed by atoms with van der Waals surface area (Å²) in [6, 6.07) is 10.1. The van der Waals surface area contributed by atoms with Crippen molar-refractivity contribution in [2.24, 2.45) is 0 Å². The molecule has 3 N–H and O–H groups in total. The summed E-state index contributed by atoms with van der Waals surface area (Å²) >= 11 is 3.32. The van der Waals surface area contributed by atoms with E-state index in [1.54, 1.807) is 24.3 Å². The van der Waals surface area contributed by atoms with Crippen molar-refractivity contribution in [1.29, 1.82) is 0 Å². The van der Waals surface area contributed by atoms with Gasteiger partial charge in [0.25, 0.3) is 5.91 Å². The van der Waals surface area contributed by atoms with Crippen LogP contribution < -0.4 is 15.4 Å². The number of nitrogens with zero attached hydrogens (tertiary/aromatic N) is 1. The molecule has 0 aliphatic heterocycles. The number of benzene rings is 1. The molecule has 0 spiro atoms. The minimum atomic E-state index is -3.49. The lowest BCUT2D eigenvalue weighted by Gasteiger charge is -2.08. The normalized spacial score (nSPS) is 11.1. The molecule has 0 fully saturated rings. The second-order valence-corrected chi connectivity index (χ2v) is 7.58. The molecular formula is C15H17BrN4O3S. The van der Waals surface area contributed by atoms with Gasteiger partial charge in [-0.15, -0.1) is 0 Å². The van der Waals surface area contributed by atoms with Gasteiger partial charge in [0.1, 0.15) is 10.7 Å². The number of sulfonamides is 1. The molecule has 128 valence electrons. The maximum absolute atomic E-state index is 11.9. The van der Waals surface area contributed by atoms with Crippen LogP contribution in [0.15, 0.2) is 52.0 Å². The third kappa shape index (κ3) is 5.02. The van der Waals surface area contributed by atoms with Gasteiger partial charge in [-0.1, -0.05) is 22.0 Å². The molecule has 0 atom stereocenters. The van der Waals surface area contributed by atoms with Crippen LogP contribution in [0.1, 0.15) is 10.4 Å². The molecular weight excluding hydrogens is 396 g/mol. The molecule has 1 aromatic carbocycles. The Balaban J connectivity index is 1.81. The largest absolute Gasteiger partial charge is 0.368 e. The van der Waals surface area contributed by atoms with Crippen molar-refractivity contribution < 1.29 is 13.2 Å². The van der Waals surface area contributed by atoms with Crippen LogP contribution in [0, 0.1) is 0 Å². The number of carbonyl (C=O) groups is 1. The highest BCUT2D eigenvalue weighted by molar-refractivity contribution is 9.10. The van der Waals surface area contributed by atoms with Gasteiger partial charge in [-0.3, -0.25) is 4.79 Å². The molecule has 0 bridgehead atoms. The molecule has 7 nitrogen and oxygen atoms in total. The number of anilines is 1. The Bertz CT molecular complexity index is 810. The zero-order valence-corrected chi connectivity index (χ0v) is 15.3. The summed E-state index contributed by atoms with van der Waals surface area (Å²) in [4.78, 5) is 16.1. The van der Waals surface area contributed by atoms with E-state index in [1.165, 1.54) is 19.3 Å². The molecule has 0 radical (unpaired) electrons. The summed E-state index contributed by atoms with van der Waals surface area (Å²) in [5.41, 5.74) is 0.573. The molecule has 9 heteroatoms. The fourth-order valence-electron chi connectivity index (χ4n) is 1.86. The van der Waals surface area contributed by atoms with E-state index in [0.717, 1.165) is 4.47 Å². The van der Waals surface area contributed by atoms with Crippen LogP contribution >= 0.6 is 15.9 Å². The monoisotopic (exact) mass is 412 g/mol. The van der Waals surface area contributed by atoms with E-state index in [-0.39, 0.29) is 10.8 Å². The third-order valence-corrected chi connectivity index (χ3v) is 5.01. The smallest absolute Gasteiger partial charge is 0.251 e. The molecule has 0 aliphatic carbocycles. The van der Waals surface area contributed by atoms with Gasteiger partial charge in [0.15, 0.2) is 0 Å². The zero-order chi connectivity index (χ0) is 17.6. The molecule has 2 rings (SSSR count). The number of rotatable bonds is 7. The van der Waals surface area contributed by atoms with Crippen molar-refractivity contribution in [3.05, 3.63) is 52.6 Å². The van der Waals surface area contributed by atoms with E-state index >= 15 is 0 Å². The van der Waals surface area contributed by atoms with Gasteiger partial charge in [0, 0.05) is 29.3 Å². The molecule has 2 aromatic rings. The first-order chi connectivity index (χ1) is 11.4. The Morgan fingerprint density at radius 3 is 2.62 bits per heavy atom. The predicted octanol–water partition coefficient (Wildman–Crippen LogP) is 1.59. The van der Waals surface area contributed by atoms with Gasteiger partial charge in [-0.25, -0.2) is 18.1 Å². The van der Waals surface area contributed by atoms with Crippen molar-refractivity contribution >= 4 is 37.7 Å². The first-order valence-electron chi connectivity index (χ1n) is 7.09. The summed E-state index contributed by atoms with van der Waals surface area (Å²) in [5.74, 6) is 0.364. The van der Waals surface area contributed by atoms with Gasteiger partial charge in [-0.2, -0.15) is 0 Å². The molecule has 1 heterocycles.